The zero-order valence-corrected chi connectivity index (χ0v) is 14.6. The van der Waals surface area contributed by atoms with E-state index in [4.69, 9.17) is 4.98 Å². The predicted octanol–water partition coefficient (Wildman–Crippen LogP) is 3.97. The van der Waals surface area contributed by atoms with Gasteiger partial charge < -0.3 is 10.2 Å². The maximum absolute atomic E-state index is 4.70. The van der Waals surface area contributed by atoms with Crippen molar-refractivity contribution < 1.29 is 0 Å². The van der Waals surface area contributed by atoms with Gasteiger partial charge in [0.05, 0.1) is 0 Å². The molecule has 1 fully saturated rings. The lowest BCUT2D eigenvalue weighted by Crippen LogP contribution is -2.35. The largest absolute Gasteiger partial charge is 0.354 e. The molecule has 112 valence electrons. The third-order valence-electron chi connectivity index (χ3n) is 3.66. The number of nitrogens with zero attached hydrogens (tertiary/aromatic N) is 2. The summed E-state index contributed by atoms with van der Waals surface area (Å²) in [5.74, 6) is 2.01. The fraction of sp³-hybridized carbons (Fsp3) is 0.688. The van der Waals surface area contributed by atoms with Crippen molar-refractivity contribution in [2.45, 2.75) is 59.2 Å². The van der Waals surface area contributed by atoms with Crippen LogP contribution in [-0.4, -0.2) is 23.6 Å². The van der Waals surface area contributed by atoms with Crippen LogP contribution in [0.5, 0.6) is 0 Å². The summed E-state index contributed by atoms with van der Waals surface area (Å²) in [6.07, 6.45) is 4.66. The Morgan fingerprint density at radius 2 is 2.05 bits per heavy atom. The first kappa shape index (κ1) is 15.8. The summed E-state index contributed by atoms with van der Waals surface area (Å²) in [4.78, 5) is 7.16. The van der Waals surface area contributed by atoms with E-state index in [2.05, 4.69) is 59.9 Å². The minimum atomic E-state index is 0.484. The van der Waals surface area contributed by atoms with Crippen molar-refractivity contribution in [3.63, 3.8) is 0 Å². The van der Waals surface area contributed by atoms with Crippen LogP contribution >= 0.6 is 15.9 Å². The predicted molar refractivity (Wildman–Crippen MR) is 89.1 cm³/mol. The van der Waals surface area contributed by atoms with Gasteiger partial charge >= 0.3 is 0 Å². The number of hydrogen-bond acceptors (Lipinski definition) is 3. The molecule has 3 nitrogen and oxygen atoms in total. The molecular weight excluding hydrogens is 314 g/mol. The van der Waals surface area contributed by atoms with Crippen molar-refractivity contribution in [3.8, 4) is 0 Å². The van der Waals surface area contributed by atoms with Crippen molar-refractivity contribution in [2.75, 3.05) is 11.4 Å². The van der Waals surface area contributed by atoms with Crippen LogP contribution in [0, 0.1) is 5.92 Å². The van der Waals surface area contributed by atoms with Gasteiger partial charge in [-0.1, -0.05) is 13.8 Å². The average Bonchev–Trinajstić information content (AvgIpc) is 3.18. The topological polar surface area (TPSA) is 28.2 Å². The molecule has 0 amide bonds. The van der Waals surface area contributed by atoms with Gasteiger partial charge in [-0.15, -0.1) is 0 Å². The number of nitrogens with one attached hydrogen (secondary N) is 1. The summed E-state index contributed by atoms with van der Waals surface area (Å²) in [6, 6.07) is 3.17. The molecule has 1 heterocycles. The molecule has 0 aromatic carbocycles. The van der Waals surface area contributed by atoms with Crippen LogP contribution in [0.4, 0.5) is 5.82 Å². The van der Waals surface area contributed by atoms with E-state index in [0.717, 1.165) is 29.3 Å². The molecule has 1 saturated carbocycles. The third kappa shape index (κ3) is 4.45. The van der Waals surface area contributed by atoms with Gasteiger partial charge in [-0.25, -0.2) is 4.98 Å². The van der Waals surface area contributed by atoms with Crippen LogP contribution < -0.4 is 10.2 Å². The van der Waals surface area contributed by atoms with Gasteiger partial charge in [0.25, 0.3) is 0 Å². The van der Waals surface area contributed by atoms with Crippen LogP contribution in [0.25, 0.3) is 0 Å². The quantitative estimate of drug-likeness (QED) is 0.814. The Kier molecular flexibility index (Phi) is 5.44. The summed E-state index contributed by atoms with van der Waals surface area (Å²) in [5, 5.41) is 3.50. The molecule has 0 radical (unpaired) electrons. The number of pyridine rings is 1. The Labute approximate surface area is 131 Å². The molecule has 0 bridgehead atoms. The number of rotatable bonds is 7. The first-order valence-electron chi connectivity index (χ1n) is 7.61. The zero-order chi connectivity index (χ0) is 14.7. The maximum Gasteiger partial charge on any atom is 0.133 e. The molecule has 2 rings (SSSR count). The molecule has 0 atom stereocenters. The van der Waals surface area contributed by atoms with Gasteiger partial charge in [-0.2, -0.15) is 0 Å². The standard InChI is InChI=1S/C16H26BrN3/c1-11(2)18-8-14-7-15(17)9-19-16(14)20(12(3)4)10-13-5-6-13/h7,9,11-13,18H,5-6,8,10H2,1-4H3. The summed E-state index contributed by atoms with van der Waals surface area (Å²) in [6.45, 7) is 10.9. The number of halogens is 1. The van der Waals surface area contributed by atoms with Crippen LogP contribution in [0.15, 0.2) is 16.7 Å². The molecule has 1 aromatic rings. The maximum atomic E-state index is 4.70. The smallest absolute Gasteiger partial charge is 0.133 e. The van der Waals surface area contributed by atoms with Crippen molar-refractivity contribution >= 4 is 21.7 Å². The fourth-order valence-corrected chi connectivity index (χ4v) is 2.68. The molecule has 20 heavy (non-hydrogen) atoms. The van der Waals surface area contributed by atoms with Gasteiger partial charge in [0.2, 0.25) is 0 Å². The molecular formula is C16H26BrN3. The van der Waals surface area contributed by atoms with Crippen LogP contribution in [0.3, 0.4) is 0 Å². The first-order valence-corrected chi connectivity index (χ1v) is 8.41. The highest BCUT2D eigenvalue weighted by atomic mass is 79.9. The molecule has 1 N–H and O–H groups in total. The Morgan fingerprint density at radius 3 is 2.60 bits per heavy atom. The van der Waals surface area contributed by atoms with Crippen LogP contribution in [0.2, 0.25) is 0 Å². The van der Waals surface area contributed by atoms with E-state index >= 15 is 0 Å². The highest BCUT2D eigenvalue weighted by Gasteiger charge is 2.27. The van der Waals surface area contributed by atoms with Gasteiger partial charge in [0.1, 0.15) is 5.82 Å². The summed E-state index contributed by atoms with van der Waals surface area (Å²) >= 11 is 3.54. The van der Waals surface area contributed by atoms with Gasteiger partial charge in [-0.3, -0.25) is 0 Å². The van der Waals surface area contributed by atoms with E-state index in [9.17, 15) is 0 Å². The molecule has 0 spiro atoms. The van der Waals surface area contributed by atoms with Crippen molar-refractivity contribution in [3.05, 3.63) is 22.3 Å². The molecule has 0 aliphatic heterocycles. The second-order valence-corrected chi connectivity index (χ2v) is 7.28. The normalized spacial score (nSPS) is 15.2. The molecule has 0 unspecified atom stereocenters. The lowest BCUT2D eigenvalue weighted by Gasteiger charge is -2.30. The Balaban J connectivity index is 2.21. The van der Waals surface area contributed by atoms with E-state index in [0.29, 0.717) is 12.1 Å². The van der Waals surface area contributed by atoms with Crippen LogP contribution in [0.1, 0.15) is 46.1 Å². The lowest BCUT2D eigenvalue weighted by atomic mass is 10.2. The van der Waals surface area contributed by atoms with E-state index in [1.807, 2.05) is 6.20 Å². The lowest BCUT2D eigenvalue weighted by molar-refractivity contribution is 0.580. The van der Waals surface area contributed by atoms with Crippen molar-refractivity contribution in [1.29, 1.82) is 0 Å². The SMILES string of the molecule is CC(C)NCc1cc(Br)cnc1N(CC1CC1)C(C)C. The molecule has 0 saturated heterocycles. The van der Waals surface area contributed by atoms with E-state index in [1.165, 1.54) is 18.4 Å². The minimum Gasteiger partial charge on any atom is -0.354 e. The van der Waals surface area contributed by atoms with Gasteiger partial charge in [0.15, 0.2) is 0 Å². The van der Waals surface area contributed by atoms with Crippen molar-refractivity contribution in [1.82, 2.24) is 10.3 Å². The molecule has 1 aliphatic carbocycles. The second-order valence-electron chi connectivity index (χ2n) is 6.36. The van der Waals surface area contributed by atoms with Gasteiger partial charge in [0, 0.05) is 41.4 Å². The highest BCUT2D eigenvalue weighted by Crippen LogP contribution is 2.33. The van der Waals surface area contributed by atoms with Gasteiger partial charge in [-0.05, 0) is 54.6 Å². The average molecular weight is 340 g/mol. The highest BCUT2D eigenvalue weighted by molar-refractivity contribution is 9.10. The molecule has 4 heteroatoms. The minimum absolute atomic E-state index is 0.484. The summed E-state index contributed by atoms with van der Waals surface area (Å²) in [7, 11) is 0. The van der Waals surface area contributed by atoms with E-state index in [1.54, 1.807) is 0 Å². The third-order valence-corrected chi connectivity index (χ3v) is 4.09. The van der Waals surface area contributed by atoms with E-state index < -0.39 is 0 Å². The first-order chi connectivity index (χ1) is 9.47. The Bertz CT molecular complexity index is 441. The Hall–Kier alpha value is -0.610. The summed E-state index contributed by atoms with van der Waals surface area (Å²) < 4.78 is 1.05. The van der Waals surface area contributed by atoms with E-state index in [-0.39, 0.29) is 0 Å². The number of anilines is 1. The zero-order valence-electron chi connectivity index (χ0n) is 13.0. The molecule has 1 aromatic heterocycles. The monoisotopic (exact) mass is 339 g/mol. The molecule has 1 aliphatic rings. The van der Waals surface area contributed by atoms with Crippen molar-refractivity contribution in [2.24, 2.45) is 5.92 Å². The fourth-order valence-electron chi connectivity index (χ4n) is 2.30. The second kappa shape index (κ2) is 6.90. The Morgan fingerprint density at radius 1 is 1.35 bits per heavy atom. The van der Waals surface area contributed by atoms with Crippen LogP contribution in [-0.2, 0) is 6.54 Å². The number of aromatic nitrogens is 1. The number of hydrogen-bond donors (Lipinski definition) is 1. The summed E-state index contributed by atoms with van der Waals surface area (Å²) in [5.41, 5.74) is 1.28.